The lowest BCUT2D eigenvalue weighted by Gasteiger charge is -2.37. The molecule has 1 aliphatic heterocycles. The van der Waals surface area contributed by atoms with Crippen LogP contribution in [0.1, 0.15) is 39.2 Å². The van der Waals surface area contributed by atoms with Crippen molar-refractivity contribution < 1.29 is 13.2 Å². The number of nitrogens with one attached hydrogen (secondary N) is 1. The normalized spacial score (nSPS) is 21.4. The first-order valence-corrected chi connectivity index (χ1v) is 10.6. The molecule has 1 aromatic carbocycles. The maximum atomic E-state index is 12.9. The number of nitrogens with two attached hydrogens (primary N) is 1. The first-order valence-electron chi connectivity index (χ1n) is 9.19. The maximum absolute atomic E-state index is 12.9. The summed E-state index contributed by atoms with van der Waals surface area (Å²) in [5, 5.41) is 3.05. The molecule has 1 heterocycles. The molecule has 1 aliphatic rings. The van der Waals surface area contributed by atoms with Gasteiger partial charge in [0.15, 0.2) is 0 Å². The lowest BCUT2D eigenvalue weighted by atomic mass is 9.87. The molecule has 2 atom stereocenters. The van der Waals surface area contributed by atoms with E-state index in [4.69, 9.17) is 5.73 Å². The van der Waals surface area contributed by atoms with E-state index >= 15 is 0 Å². The van der Waals surface area contributed by atoms with E-state index in [1.807, 2.05) is 27.7 Å². The van der Waals surface area contributed by atoms with Crippen molar-refractivity contribution in [2.45, 2.75) is 51.0 Å². The Labute approximate surface area is 157 Å². The van der Waals surface area contributed by atoms with Crippen molar-refractivity contribution in [3.8, 4) is 0 Å². The molecule has 26 heavy (non-hydrogen) atoms. The molecule has 7 heteroatoms. The number of aryl methyl sites for hydroxylation is 1. The second kappa shape index (κ2) is 8.06. The highest BCUT2D eigenvalue weighted by molar-refractivity contribution is 7.89. The Morgan fingerprint density at radius 2 is 1.96 bits per heavy atom. The molecule has 1 amide bonds. The molecule has 0 saturated carbocycles. The van der Waals surface area contributed by atoms with Crippen LogP contribution in [0, 0.1) is 18.8 Å². The second-order valence-electron chi connectivity index (χ2n) is 7.78. The quantitative estimate of drug-likeness (QED) is 0.787. The van der Waals surface area contributed by atoms with E-state index in [2.05, 4.69) is 5.32 Å². The number of rotatable bonds is 6. The smallest absolute Gasteiger partial charge is 0.243 e. The Morgan fingerprint density at radius 1 is 1.35 bits per heavy atom. The van der Waals surface area contributed by atoms with Gasteiger partial charge in [0.25, 0.3) is 0 Å². The van der Waals surface area contributed by atoms with E-state index in [0.29, 0.717) is 25.9 Å². The summed E-state index contributed by atoms with van der Waals surface area (Å²) in [6.45, 7) is 8.87. The zero-order valence-corrected chi connectivity index (χ0v) is 17.0. The van der Waals surface area contributed by atoms with Gasteiger partial charge in [-0.2, -0.15) is 4.31 Å². The van der Waals surface area contributed by atoms with Crippen LogP contribution in [0.4, 0.5) is 0 Å². The average Bonchev–Trinajstić information content (AvgIpc) is 2.61. The lowest BCUT2D eigenvalue weighted by Crippen LogP contribution is -2.58. The highest BCUT2D eigenvalue weighted by Crippen LogP contribution is 2.25. The standard InChI is InChI=1S/C19H31N3O3S/c1-14(2)19(4,13-20)21-18(23)16-6-5-11-22(12-16)26(24,25)17-9-7-15(3)8-10-17/h7-10,14,16H,5-6,11-13,20H2,1-4H3,(H,21,23). The van der Waals surface area contributed by atoms with E-state index in [-0.39, 0.29) is 29.2 Å². The monoisotopic (exact) mass is 381 g/mol. The van der Waals surface area contributed by atoms with Crippen LogP contribution in [0.3, 0.4) is 0 Å². The number of carbonyl (C=O) groups is 1. The summed E-state index contributed by atoms with van der Waals surface area (Å²) in [6, 6.07) is 6.82. The molecule has 3 N–H and O–H groups in total. The van der Waals surface area contributed by atoms with Crippen molar-refractivity contribution in [2.24, 2.45) is 17.6 Å². The van der Waals surface area contributed by atoms with Gasteiger partial charge in [-0.15, -0.1) is 0 Å². The minimum Gasteiger partial charge on any atom is -0.349 e. The number of benzene rings is 1. The van der Waals surface area contributed by atoms with E-state index in [1.54, 1.807) is 24.3 Å². The Kier molecular flexibility index (Phi) is 6.47. The number of sulfonamides is 1. The number of carbonyl (C=O) groups excluding carboxylic acids is 1. The van der Waals surface area contributed by atoms with Crippen LogP contribution in [-0.4, -0.2) is 43.8 Å². The lowest BCUT2D eigenvalue weighted by molar-refractivity contribution is -0.128. The largest absolute Gasteiger partial charge is 0.349 e. The second-order valence-corrected chi connectivity index (χ2v) is 9.72. The summed E-state index contributed by atoms with van der Waals surface area (Å²) in [7, 11) is -3.58. The zero-order chi connectivity index (χ0) is 19.5. The van der Waals surface area contributed by atoms with Gasteiger partial charge in [0.05, 0.1) is 16.4 Å². The molecule has 0 aliphatic carbocycles. The van der Waals surface area contributed by atoms with Gasteiger partial charge < -0.3 is 11.1 Å². The van der Waals surface area contributed by atoms with Crippen molar-refractivity contribution in [1.29, 1.82) is 0 Å². The van der Waals surface area contributed by atoms with Gasteiger partial charge in [-0.1, -0.05) is 31.5 Å². The van der Waals surface area contributed by atoms with Gasteiger partial charge in [-0.3, -0.25) is 4.79 Å². The molecule has 1 fully saturated rings. The summed E-state index contributed by atoms with van der Waals surface area (Å²) in [4.78, 5) is 13.0. The number of piperidine rings is 1. The molecule has 0 radical (unpaired) electrons. The van der Waals surface area contributed by atoms with Crippen molar-refractivity contribution in [3.05, 3.63) is 29.8 Å². The third-order valence-electron chi connectivity index (χ3n) is 5.52. The fourth-order valence-corrected chi connectivity index (χ4v) is 4.57. The van der Waals surface area contributed by atoms with E-state index in [9.17, 15) is 13.2 Å². The van der Waals surface area contributed by atoms with Gasteiger partial charge in [0.2, 0.25) is 15.9 Å². The van der Waals surface area contributed by atoms with Crippen LogP contribution >= 0.6 is 0 Å². The fourth-order valence-electron chi connectivity index (χ4n) is 3.05. The molecular weight excluding hydrogens is 350 g/mol. The number of hydrogen-bond donors (Lipinski definition) is 2. The molecule has 1 saturated heterocycles. The maximum Gasteiger partial charge on any atom is 0.243 e. The van der Waals surface area contributed by atoms with Crippen molar-refractivity contribution in [1.82, 2.24) is 9.62 Å². The van der Waals surface area contributed by atoms with Gasteiger partial charge >= 0.3 is 0 Å². The number of amides is 1. The Hall–Kier alpha value is -1.44. The van der Waals surface area contributed by atoms with Crippen molar-refractivity contribution in [2.75, 3.05) is 19.6 Å². The molecule has 1 aromatic rings. The SMILES string of the molecule is Cc1ccc(S(=O)(=O)N2CCCC(C(=O)NC(C)(CN)C(C)C)C2)cc1. The fraction of sp³-hybridized carbons (Fsp3) is 0.632. The Balaban J connectivity index is 2.13. The predicted octanol–water partition coefficient (Wildman–Crippen LogP) is 1.89. The van der Waals surface area contributed by atoms with Gasteiger partial charge in [-0.25, -0.2) is 8.42 Å². The minimum absolute atomic E-state index is 0.115. The highest BCUT2D eigenvalue weighted by atomic mass is 32.2. The Bertz CT molecular complexity index is 731. The Morgan fingerprint density at radius 3 is 2.50 bits per heavy atom. The summed E-state index contributed by atoms with van der Waals surface area (Å²) >= 11 is 0. The van der Waals surface area contributed by atoms with Crippen LogP contribution in [0.25, 0.3) is 0 Å². The summed E-state index contributed by atoms with van der Waals surface area (Å²) < 4.78 is 27.2. The van der Waals surface area contributed by atoms with Crippen LogP contribution in [-0.2, 0) is 14.8 Å². The van der Waals surface area contributed by atoms with Crippen LogP contribution in [0.5, 0.6) is 0 Å². The average molecular weight is 382 g/mol. The first-order chi connectivity index (χ1) is 12.1. The van der Waals surface area contributed by atoms with E-state index in [1.165, 1.54) is 4.31 Å². The van der Waals surface area contributed by atoms with Gasteiger partial charge in [0.1, 0.15) is 0 Å². The van der Waals surface area contributed by atoms with Crippen LogP contribution in [0.15, 0.2) is 29.2 Å². The molecular formula is C19H31N3O3S. The molecule has 0 bridgehead atoms. The summed E-state index contributed by atoms with van der Waals surface area (Å²) in [5.41, 5.74) is 6.37. The van der Waals surface area contributed by atoms with Crippen molar-refractivity contribution in [3.63, 3.8) is 0 Å². The van der Waals surface area contributed by atoms with E-state index < -0.39 is 15.6 Å². The zero-order valence-electron chi connectivity index (χ0n) is 16.2. The summed E-state index contributed by atoms with van der Waals surface area (Å²) in [5.74, 6) is -0.281. The van der Waals surface area contributed by atoms with Crippen LogP contribution in [0.2, 0.25) is 0 Å². The third-order valence-corrected chi connectivity index (χ3v) is 7.40. The van der Waals surface area contributed by atoms with E-state index in [0.717, 1.165) is 5.56 Å². The van der Waals surface area contributed by atoms with Gasteiger partial charge in [0, 0.05) is 19.6 Å². The first kappa shape index (κ1) is 20.9. The molecule has 0 spiro atoms. The van der Waals surface area contributed by atoms with Crippen LogP contribution < -0.4 is 11.1 Å². The molecule has 2 unspecified atom stereocenters. The van der Waals surface area contributed by atoms with Gasteiger partial charge in [-0.05, 0) is 44.7 Å². The highest BCUT2D eigenvalue weighted by Gasteiger charge is 2.36. The third kappa shape index (κ3) is 4.45. The summed E-state index contributed by atoms with van der Waals surface area (Å²) in [6.07, 6.45) is 1.36. The molecule has 2 rings (SSSR count). The molecule has 0 aromatic heterocycles. The van der Waals surface area contributed by atoms with Crippen molar-refractivity contribution >= 4 is 15.9 Å². The molecule has 6 nitrogen and oxygen atoms in total. The molecule has 146 valence electrons. The topological polar surface area (TPSA) is 92.5 Å². The number of nitrogens with zero attached hydrogens (tertiary/aromatic N) is 1. The predicted molar refractivity (Wildman–Crippen MR) is 103 cm³/mol. The minimum atomic E-state index is -3.58. The number of hydrogen-bond acceptors (Lipinski definition) is 4.